The molecule has 0 aliphatic carbocycles. The summed E-state index contributed by atoms with van der Waals surface area (Å²) in [4.78, 5) is 24.0. The molecule has 1 radical (unpaired) electrons. The highest BCUT2D eigenvalue weighted by Crippen LogP contribution is 2.27. The van der Waals surface area contributed by atoms with Gasteiger partial charge in [0.1, 0.15) is 17.1 Å². The number of carbonyl (C=O) groups is 1. The topological polar surface area (TPSA) is 71.2 Å². The third-order valence-electron chi connectivity index (χ3n) is 6.54. The summed E-state index contributed by atoms with van der Waals surface area (Å²) in [6.07, 6.45) is 7.19. The molecule has 3 heterocycles. The fourth-order valence-corrected chi connectivity index (χ4v) is 4.69. The summed E-state index contributed by atoms with van der Waals surface area (Å²) in [6, 6.07) is 19.8. The molecule has 6 nitrogen and oxygen atoms in total. The predicted octanol–water partition coefficient (Wildman–Crippen LogP) is 4.62. The minimum absolute atomic E-state index is 0.00983. The smallest absolute Gasteiger partial charge is 0.247 e. The van der Waals surface area contributed by atoms with Gasteiger partial charge in [-0.3, -0.25) is 9.78 Å². The molecule has 0 unspecified atom stereocenters. The average Bonchev–Trinajstić information content (AvgIpc) is 3.18. The van der Waals surface area contributed by atoms with E-state index in [1.54, 1.807) is 30.5 Å². The summed E-state index contributed by atoms with van der Waals surface area (Å²) in [7, 11) is 0. The Labute approximate surface area is 199 Å². The molecule has 1 fully saturated rings. The van der Waals surface area contributed by atoms with Crippen molar-refractivity contribution in [2.75, 3.05) is 13.1 Å². The highest BCUT2D eigenvalue weighted by Gasteiger charge is 2.24. The van der Waals surface area contributed by atoms with Crippen LogP contribution in [0.15, 0.2) is 73.1 Å². The van der Waals surface area contributed by atoms with Crippen LogP contribution in [0.5, 0.6) is 5.75 Å². The van der Waals surface area contributed by atoms with Crippen molar-refractivity contribution in [2.24, 2.45) is 5.92 Å². The molecule has 6 heteroatoms. The summed E-state index contributed by atoms with van der Waals surface area (Å²) >= 11 is 0. The number of aryl methyl sites for hydroxylation is 1. The fraction of sp³-hybridized carbons (Fsp3) is 0.250. The molecule has 4 aromatic rings. The Morgan fingerprint density at radius 2 is 1.97 bits per heavy atom. The number of phenolic OH excluding ortho intramolecular Hbond substituents is 1. The van der Waals surface area contributed by atoms with Crippen LogP contribution in [0.1, 0.15) is 29.8 Å². The van der Waals surface area contributed by atoms with Crippen molar-refractivity contribution in [3.8, 4) is 5.75 Å². The predicted molar refractivity (Wildman–Crippen MR) is 132 cm³/mol. The van der Waals surface area contributed by atoms with Gasteiger partial charge in [0.05, 0.1) is 11.7 Å². The van der Waals surface area contributed by atoms with Gasteiger partial charge in [-0.2, -0.15) is 0 Å². The van der Waals surface area contributed by atoms with E-state index < -0.39 is 0 Å². The van der Waals surface area contributed by atoms with Crippen LogP contribution in [-0.2, 0) is 11.3 Å². The number of carbonyl (C=O) groups excluding carboxylic acids is 1. The second-order valence-electron chi connectivity index (χ2n) is 8.79. The molecular formula is C28H27N4O2. The Morgan fingerprint density at radius 1 is 1.18 bits per heavy atom. The Morgan fingerprint density at radius 3 is 2.74 bits per heavy atom. The Bertz CT molecular complexity index is 1340. The number of piperidine rings is 1. The standard InChI is InChI=1S/C28H27N4O2/c1-20-30-26-18-29-13-10-27(26)32(20)19-21-11-14-31(15-12-21)28(34)17-25(22-6-3-2-4-7-22)23-8-5-9-24(33)16-23/h2-7,9-10,13,16-18,21,33H,11-12,14-15,19H2,1H3/b25-17+. The second-order valence-corrected chi connectivity index (χ2v) is 8.79. The quantitative estimate of drug-likeness (QED) is 0.450. The lowest BCUT2D eigenvalue weighted by atomic mass is 9.95. The van der Waals surface area contributed by atoms with Gasteiger partial charge in [0, 0.05) is 31.9 Å². The molecule has 2 aromatic heterocycles. The largest absolute Gasteiger partial charge is 0.508 e. The van der Waals surface area contributed by atoms with Gasteiger partial charge in [-0.05, 0) is 66.6 Å². The van der Waals surface area contributed by atoms with Gasteiger partial charge in [0.25, 0.3) is 0 Å². The first-order chi connectivity index (χ1) is 16.6. The van der Waals surface area contributed by atoms with Crippen LogP contribution in [0, 0.1) is 18.9 Å². The number of benzene rings is 2. The van der Waals surface area contributed by atoms with E-state index in [4.69, 9.17) is 0 Å². The second kappa shape index (κ2) is 9.51. The fourth-order valence-electron chi connectivity index (χ4n) is 4.69. The zero-order valence-electron chi connectivity index (χ0n) is 19.2. The van der Waals surface area contributed by atoms with Gasteiger partial charge in [-0.25, -0.2) is 4.98 Å². The zero-order chi connectivity index (χ0) is 23.5. The molecule has 0 spiro atoms. The Kier molecular flexibility index (Phi) is 6.12. The van der Waals surface area contributed by atoms with Crippen LogP contribution in [0.25, 0.3) is 16.6 Å². The monoisotopic (exact) mass is 451 g/mol. The maximum Gasteiger partial charge on any atom is 0.247 e. The lowest BCUT2D eigenvalue weighted by molar-refractivity contribution is -0.127. The van der Waals surface area contributed by atoms with Crippen LogP contribution >= 0.6 is 0 Å². The van der Waals surface area contributed by atoms with E-state index in [0.29, 0.717) is 11.5 Å². The number of fused-ring (bicyclic) bond motifs is 1. The number of likely N-dealkylation sites (tertiary alicyclic amines) is 1. The molecular weight excluding hydrogens is 424 g/mol. The maximum atomic E-state index is 13.2. The molecule has 1 aliphatic heterocycles. The minimum atomic E-state index is -0.00983. The number of phenols is 1. The molecule has 1 aliphatic rings. The van der Waals surface area contributed by atoms with E-state index in [0.717, 1.165) is 60.5 Å². The van der Waals surface area contributed by atoms with Crippen molar-refractivity contribution >= 4 is 22.5 Å². The molecule has 0 bridgehead atoms. The molecule has 171 valence electrons. The van der Waals surface area contributed by atoms with Crippen LogP contribution in [0.3, 0.4) is 0 Å². The molecule has 34 heavy (non-hydrogen) atoms. The Hall–Kier alpha value is -3.93. The number of pyridine rings is 1. The van der Waals surface area contributed by atoms with Crippen LogP contribution in [0.4, 0.5) is 0 Å². The number of hydrogen-bond donors (Lipinski definition) is 1. The van der Waals surface area contributed by atoms with E-state index in [1.807, 2.05) is 54.4 Å². The summed E-state index contributed by atoms with van der Waals surface area (Å²) < 4.78 is 2.27. The van der Waals surface area contributed by atoms with Crippen molar-refractivity contribution in [3.05, 3.63) is 96.1 Å². The first-order valence-corrected chi connectivity index (χ1v) is 11.6. The summed E-state index contributed by atoms with van der Waals surface area (Å²) in [6.45, 7) is 4.38. The lowest BCUT2D eigenvalue weighted by Gasteiger charge is -2.32. The number of amides is 1. The third kappa shape index (κ3) is 4.57. The SMILES string of the molecule is Cc1nc2cnccc2n1CC1CCN(C(=O)/C=C(/c2[c]ccc(O)c2)c2ccccc2)CC1. The number of rotatable bonds is 5. The number of aromatic hydroxyl groups is 1. The number of nitrogens with zero attached hydrogens (tertiary/aromatic N) is 4. The number of imidazole rings is 1. The van der Waals surface area contributed by atoms with Crippen molar-refractivity contribution < 1.29 is 9.90 Å². The molecule has 1 saturated heterocycles. The highest BCUT2D eigenvalue weighted by molar-refractivity contribution is 5.99. The molecule has 0 saturated carbocycles. The van der Waals surface area contributed by atoms with E-state index in [1.165, 1.54) is 0 Å². The van der Waals surface area contributed by atoms with E-state index in [9.17, 15) is 9.90 Å². The van der Waals surface area contributed by atoms with Gasteiger partial charge in [-0.15, -0.1) is 0 Å². The summed E-state index contributed by atoms with van der Waals surface area (Å²) in [5.41, 5.74) is 4.42. The van der Waals surface area contributed by atoms with Crippen molar-refractivity contribution in [3.63, 3.8) is 0 Å². The normalized spacial score (nSPS) is 15.1. The van der Waals surface area contributed by atoms with Crippen LogP contribution < -0.4 is 0 Å². The van der Waals surface area contributed by atoms with Crippen LogP contribution in [-0.4, -0.2) is 43.5 Å². The first kappa shape index (κ1) is 21.9. The molecule has 2 aromatic carbocycles. The molecule has 5 rings (SSSR count). The average molecular weight is 452 g/mol. The highest BCUT2D eigenvalue weighted by atomic mass is 16.3. The molecule has 1 amide bonds. The minimum Gasteiger partial charge on any atom is -0.508 e. The lowest BCUT2D eigenvalue weighted by Crippen LogP contribution is -2.38. The number of hydrogen-bond acceptors (Lipinski definition) is 4. The van der Waals surface area contributed by atoms with Crippen molar-refractivity contribution in [2.45, 2.75) is 26.3 Å². The Balaban J connectivity index is 1.31. The summed E-state index contributed by atoms with van der Waals surface area (Å²) in [5.74, 6) is 1.64. The van der Waals surface area contributed by atoms with Gasteiger partial charge in [0.2, 0.25) is 5.91 Å². The third-order valence-corrected chi connectivity index (χ3v) is 6.54. The van der Waals surface area contributed by atoms with E-state index in [-0.39, 0.29) is 11.7 Å². The van der Waals surface area contributed by atoms with Crippen LogP contribution in [0.2, 0.25) is 0 Å². The molecule has 0 atom stereocenters. The number of aromatic nitrogens is 3. The summed E-state index contributed by atoms with van der Waals surface area (Å²) in [5, 5.41) is 9.96. The van der Waals surface area contributed by atoms with E-state index in [2.05, 4.69) is 20.6 Å². The van der Waals surface area contributed by atoms with Crippen molar-refractivity contribution in [1.82, 2.24) is 19.4 Å². The van der Waals surface area contributed by atoms with Gasteiger partial charge < -0.3 is 14.6 Å². The maximum absolute atomic E-state index is 13.2. The first-order valence-electron chi connectivity index (χ1n) is 11.6. The van der Waals surface area contributed by atoms with Gasteiger partial charge in [0.15, 0.2) is 0 Å². The van der Waals surface area contributed by atoms with E-state index >= 15 is 0 Å². The van der Waals surface area contributed by atoms with Crippen molar-refractivity contribution in [1.29, 1.82) is 0 Å². The zero-order valence-corrected chi connectivity index (χ0v) is 19.2. The van der Waals surface area contributed by atoms with Gasteiger partial charge in [-0.1, -0.05) is 36.4 Å². The van der Waals surface area contributed by atoms with Gasteiger partial charge >= 0.3 is 0 Å². The molecule has 1 N–H and O–H groups in total.